The molecule has 0 bridgehead atoms. The molecule has 0 radical (unpaired) electrons. The second kappa shape index (κ2) is 6.64. The summed E-state index contributed by atoms with van der Waals surface area (Å²) in [6, 6.07) is 0.210. The first kappa shape index (κ1) is 14.8. The van der Waals surface area contributed by atoms with Crippen LogP contribution < -0.4 is 5.73 Å². The summed E-state index contributed by atoms with van der Waals surface area (Å²) < 4.78 is 0.320. The molecule has 1 saturated heterocycles. The van der Waals surface area contributed by atoms with Gasteiger partial charge in [-0.3, -0.25) is 4.79 Å². The monoisotopic (exact) mass is 258 g/mol. The van der Waals surface area contributed by atoms with E-state index in [0.29, 0.717) is 17.1 Å². The van der Waals surface area contributed by atoms with Gasteiger partial charge in [0.05, 0.1) is 0 Å². The van der Waals surface area contributed by atoms with Crippen molar-refractivity contribution in [3.63, 3.8) is 0 Å². The lowest BCUT2D eigenvalue weighted by Gasteiger charge is -2.22. The molecule has 1 atom stereocenters. The maximum absolute atomic E-state index is 12.0. The molecule has 4 heteroatoms. The topological polar surface area (TPSA) is 46.3 Å². The number of hydrogen-bond donors (Lipinski definition) is 1. The third-order valence-electron chi connectivity index (χ3n) is 3.24. The lowest BCUT2D eigenvalue weighted by atomic mass is 10.1. The van der Waals surface area contributed by atoms with E-state index in [-0.39, 0.29) is 6.04 Å². The summed E-state index contributed by atoms with van der Waals surface area (Å²) in [5.74, 6) is 1.37. The first-order chi connectivity index (χ1) is 7.91. The summed E-state index contributed by atoms with van der Waals surface area (Å²) in [4.78, 5) is 14.0. The molecule has 1 amide bonds. The maximum atomic E-state index is 12.0. The minimum absolute atomic E-state index is 0.210. The van der Waals surface area contributed by atoms with Crippen LogP contribution in [0.4, 0.5) is 0 Å². The van der Waals surface area contributed by atoms with Crippen LogP contribution in [0.1, 0.15) is 46.5 Å². The zero-order valence-electron chi connectivity index (χ0n) is 11.4. The first-order valence-electron chi connectivity index (χ1n) is 6.58. The van der Waals surface area contributed by atoms with E-state index in [1.807, 2.05) is 23.6 Å². The van der Waals surface area contributed by atoms with Gasteiger partial charge in [-0.25, -0.2) is 0 Å². The van der Waals surface area contributed by atoms with Crippen molar-refractivity contribution in [2.45, 2.75) is 57.2 Å². The van der Waals surface area contributed by atoms with Crippen LogP contribution in [-0.2, 0) is 4.79 Å². The predicted octanol–water partition coefficient (Wildman–Crippen LogP) is 2.25. The van der Waals surface area contributed by atoms with Crippen molar-refractivity contribution in [2.24, 2.45) is 5.73 Å². The highest BCUT2D eigenvalue weighted by Crippen LogP contribution is 2.30. The maximum Gasteiger partial charge on any atom is 0.222 e. The highest BCUT2D eigenvalue weighted by molar-refractivity contribution is 8.00. The molecule has 1 aliphatic rings. The fourth-order valence-corrected chi connectivity index (χ4v) is 3.10. The van der Waals surface area contributed by atoms with Crippen LogP contribution in [0.15, 0.2) is 0 Å². The minimum Gasteiger partial charge on any atom is -0.342 e. The van der Waals surface area contributed by atoms with Gasteiger partial charge in [-0.05, 0) is 26.2 Å². The summed E-state index contributed by atoms with van der Waals surface area (Å²) in [6.07, 6.45) is 3.62. The third-order valence-corrected chi connectivity index (χ3v) is 4.61. The molecule has 0 saturated carbocycles. The Hall–Kier alpha value is -0.220. The highest BCUT2D eigenvalue weighted by atomic mass is 32.2. The highest BCUT2D eigenvalue weighted by Gasteiger charge is 2.25. The van der Waals surface area contributed by atoms with Crippen molar-refractivity contribution in [3.8, 4) is 0 Å². The Balaban J connectivity index is 2.32. The van der Waals surface area contributed by atoms with Crippen LogP contribution >= 0.6 is 11.8 Å². The molecule has 2 N–H and O–H groups in total. The quantitative estimate of drug-likeness (QED) is 0.841. The van der Waals surface area contributed by atoms with Gasteiger partial charge in [0.1, 0.15) is 0 Å². The van der Waals surface area contributed by atoms with E-state index in [2.05, 4.69) is 13.8 Å². The Kier molecular flexibility index (Phi) is 5.80. The standard InChI is InChI=1S/C13H26N2OS/c1-11(14)5-4-6-12(16)15-8-7-13(2,3)17-10-9-15/h11H,4-10,14H2,1-3H3. The number of thioether (sulfide) groups is 1. The van der Waals surface area contributed by atoms with Crippen molar-refractivity contribution in [2.75, 3.05) is 18.8 Å². The van der Waals surface area contributed by atoms with Gasteiger partial charge in [-0.1, -0.05) is 13.8 Å². The molecule has 0 aromatic carbocycles. The Morgan fingerprint density at radius 1 is 1.47 bits per heavy atom. The second-order valence-electron chi connectivity index (χ2n) is 5.61. The van der Waals surface area contributed by atoms with Crippen molar-refractivity contribution in [1.29, 1.82) is 0 Å². The van der Waals surface area contributed by atoms with Crippen LogP contribution in [0, 0.1) is 0 Å². The SMILES string of the molecule is CC(N)CCCC(=O)N1CCSC(C)(C)CC1. The van der Waals surface area contributed by atoms with Crippen LogP contribution in [0.2, 0.25) is 0 Å². The van der Waals surface area contributed by atoms with Gasteiger partial charge in [0.15, 0.2) is 0 Å². The molecular formula is C13H26N2OS. The van der Waals surface area contributed by atoms with Gasteiger partial charge in [-0.2, -0.15) is 11.8 Å². The van der Waals surface area contributed by atoms with Gasteiger partial charge in [-0.15, -0.1) is 0 Å². The number of hydrogen-bond acceptors (Lipinski definition) is 3. The summed E-state index contributed by atoms with van der Waals surface area (Å²) >= 11 is 1.98. The molecule has 3 nitrogen and oxygen atoms in total. The van der Waals surface area contributed by atoms with E-state index in [1.54, 1.807) is 0 Å². The molecule has 0 spiro atoms. The number of carbonyl (C=O) groups excluding carboxylic acids is 1. The van der Waals surface area contributed by atoms with Crippen molar-refractivity contribution < 1.29 is 4.79 Å². The minimum atomic E-state index is 0.210. The lowest BCUT2D eigenvalue weighted by Crippen LogP contribution is -2.33. The van der Waals surface area contributed by atoms with Gasteiger partial charge in [0.25, 0.3) is 0 Å². The number of carbonyl (C=O) groups is 1. The van der Waals surface area contributed by atoms with E-state index < -0.39 is 0 Å². The van der Waals surface area contributed by atoms with Crippen LogP contribution in [0.3, 0.4) is 0 Å². The molecule has 0 aromatic heterocycles. The molecule has 17 heavy (non-hydrogen) atoms. The van der Waals surface area contributed by atoms with Gasteiger partial charge < -0.3 is 10.6 Å². The van der Waals surface area contributed by atoms with E-state index in [0.717, 1.165) is 38.1 Å². The average molecular weight is 258 g/mol. The normalized spacial score (nSPS) is 22.0. The average Bonchev–Trinajstić information content (AvgIpc) is 2.38. The summed E-state index contributed by atoms with van der Waals surface area (Å²) in [6.45, 7) is 8.35. The number of amides is 1. The fraction of sp³-hybridized carbons (Fsp3) is 0.923. The zero-order chi connectivity index (χ0) is 12.9. The summed E-state index contributed by atoms with van der Waals surface area (Å²) in [7, 11) is 0. The molecule has 1 unspecified atom stereocenters. The number of rotatable bonds is 4. The van der Waals surface area contributed by atoms with Gasteiger partial charge >= 0.3 is 0 Å². The Morgan fingerprint density at radius 3 is 2.82 bits per heavy atom. The van der Waals surface area contributed by atoms with Crippen molar-refractivity contribution in [1.82, 2.24) is 4.90 Å². The van der Waals surface area contributed by atoms with Crippen LogP contribution in [-0.4, -0.2) is 40.4 Å². The fourth-order valence-electron chi connectivity index (χ4n) is 2.00. The number of nitrogens with two attached hydrogens (primary N) is 1. The third kappa shape index (κ3) is 5.77. The number of nitrogens with zero attached hydrogens (tertiary/aromatic N) is 1. The molecule has 100 valence electrons. The van der Waals surface area contributed by atoms with E-state index in [1.165, 1.54) is 0 Å². The second-order valence-corrected chi connectivity index (χ2v) is 7.41. The molecular weight excluding hydrogens is 232 g/mol. The Morgan fingerprint density at radius 2 is 2.18 bits per heavy atom. The summed E-state index contributed by atoms with van der Waals surface area (Å²) in [5, 5.41) is 0. The first-order valence-corrected chi connectivity index (χ1v) is 7.56. The molecule has 0 aromatic rings. The Labute approximate surface area is 109 Å². The van der Waals surface area contributed by atoms with E-state index in [4.69, 9.17) is 5.73 Å². The lowest BCUT2D eigenvalue weighted by molar-refractivity contribution is -0.131. The smallest absolute Gasteiger partial charge is 0.222 e. The van der Waals surface area contributed by atoms with Crippen molar-refractivity contribution >= 4 is 17.7 Å². The zero-order valence-corrected chi connectivity index (χ0v) is 12.2. The van der Waals surface area contributed by atoms with E-state index in [9.17, 15) is 4.79 Å². The van der Waals surface area contributed by atoms with Gasteiger partial charge in [0, 0.05) is 36.1 Å². The Bertz CT molecular complexity index is 254. The predicted molar refractivity (Wildman–Crippen MR) is 75.2 cm³/mol. The molecule has 1 aliphatic heterocycles. The summed E-state index contributed by atoms with van der Waals surface area (Å²) in [5.41, 5.74) is 5.69. The molecule has 1 fully saturated rings. The molecule has 1 heterocycles. The van der Waals surface area contributed by atoms with E-state index >= 15 is 0 Å². The molecule has 0 aliphatic carbocycles. The largest absolute Gasteiger partial charge is 0.342 e. The molecule has 1 rings (SSSR count). The van der Waals surface area contributed by atoms with Crippen LogP contribution in [0.25, 0.3) is 0 Å². The van der Waals surface area contributed by atoms with Crippen molar-refractivity contribution in [3.05, 3.63) is 0 Å². The van der Waals surface area contributed by atoms with Gasteiger partial charge in [0.2, 0.25) is 5.91 Å². The van der Waals surface area contributed by atoms with Crippen LogP contribution in [0.5, 0.6) is 0 Å².